The number of alkyl halides is 1. The fourth-order valence-corrected chi connectivity index (χ4v) is 2.76. The average Bonchev–Trinajstić information content (AvgIpc) is 2.20. The summed E-state index contributed by atoms with van der Waals surface area (Å²) in [5.74, 6) is 0. The topological polar surface area (TPSA) is 3.24 Å². The summed E-state index contributed by atoms with van der Waals surface area (Å²) < 4.78 is 0. The molecule has 0 radical (unpaired) electrons. The zero-order valence-electron chi connectivity index (χ0n) is 6.39. The van der Waals surface area contributed by atoms with Gasteiger partial charge in [-0.1, -0.05) is 0 Å². The Morgan fingerprint density at radius 1 is 1.20 bits per heavy atom. The van der Waals surface area contributed by atoms with Crippen molar-refractivity contribution < 1.29 is 0 Å². The van der Waals surface area contributed by atoms with E-state index in [4.69, 9.17) is 11.6 Å². The first-order chi connectivity index (χ1) is 4.77. The van der Waals surface area contributed by atoms with E-state index in [-0.39, 0.29) is 0 Å². The Morgan fingerprint density at radius 2 is 1.70 bits per heavy atom. The van der Waals surface area contributed by atoms with Crippen LogP contribution in [0.25, 0.3) is 0 Å². The second-order valence-corrected chi connectivity index (χ2v) is 4.24. The largest absolute Gasteiger partial charge is 0.300 e. The molecule has 0 saturated carbocycles. The van der Waals surface area contributed by atoms with E-state index in [1.807, 2.05) is 0 Å². The number of nitrogens with zero attached hydrogens (tertiary/aromatic N) is 1. The quantitative estimate of drug-likeness (QED) is 0.488. The van der Waals surface area contributed by atoms with Crippen LogP contribution in [-0.4, -0.2) is 29.4 Å². The van der Waals surface area contributed by atoms with E-state index in [1.165, 1.54) is 25.7 Å². The molecule has 0 unspecified atom stereocenters. The zero-order chi connectivity index (χ0) is 7.14. The Hall–Kier alpha value is 0.250. The number of piperidine rings is 1. The van der Waals surface area contributed by atoms with Gasteiger partial charge in [0, 0.05) is 17.5 Å². The molecule has 2 heteroatoms. The lowest BCUT2D eigenvalue weighted by atomic mass is 10.0. The minimum absolute atomic E-state index is 0.466. The fraction of sp³-hybridized carbons (Fsp3) is 1.00. The van der Waals surface area contributed by atoms with Crippen LogP contribution in [0.4, 0.5) is 0 Å². The lowest BCUT2D eigenvalue weighted by molar-refractivity contribution is 0.181. The van der Waals surface area contributed by atoms with Crippen LogP contribution >= 0.6 is 11.6 Å². The summed E-state index contributed by atoms with van der Waals surface area (Å²) in [5, 5.41) is 0.466. The molecule has 2 heterocycles. The van der Waals surface area contributed by atoms with Crippen LogP contribution in [0, 0.1) is 0 Å². The molecule has 0 aromatic heterocycles. The van der Waals surface area contributed by atoms with Crippen molar-refractivity contribution in [3.8, 4) is 0 Å². The lowest BCUT2D eigenvalue weighted by Gasteiger charge is -2.33. The highest BCUT2D eigenvalue weighted by Crippen LogP contribution is 2.36. The SMILES string of the molecule is CN1[C@@H]2CC[C@@H]1CC(Cl)C2. The summed E-state index contributed by atoms with van der Waals surface area (Å²) in [7, 11) is 2.24. The average molecular weight is 160 g/mol. The first kappa shape index (κ1) is 6.93. The standard InChI is InChI=1S/C8H14ClN/c1-10-7-2-3-8(10)5-6(9)4-7/h6-8H,2-5H2,1H3/t7-,8-/m1/s1. The molecule has 2 saturated heterocycles. The molecule has 2 atom stereocenters. The summed E-state index contributed by atoms with van der Waals surface area (Å²) in [4.78, 5) is 2.51. The normalized spacial score (nSPS) is 48.0. The van der Waals surface area contributed by atoms with E-state index in [1.54, 1.807) is 0 Å². The summed E-state index contributed by atoms with van der Waals surface area (Å²) in [6, 6.07) is 1.61. The van der Waals surface area contributed by atoms with E-state index in [0.29, 0.717) is 5.38 Å². The van der Waals surface area contributed by atoms with Crippen molar-refractivity contribution >= 4 is 11.6 Å². The van der Waals surface area contributed by atoms with Gasteiger partial charge in [0.25, 0.3) is 0 Å². The minimum atomic E-state index is 0.466. The Labute approximate surface area is 67.3 Å². The molecule has 0 aromatic carbocycles. The summed E-state index contributed by atoms with van der Waals surface area (Å²) in [6.45, 7) is 0. The fourth-order valence-electron chi connectivity index (χ4n) is 2.35. The molecule has 2 bridgehead atoms. The molecule has 2 fully saturated rings. The smallest absolute Gasteiger partial charge is 0.0365 e. The molecule has 0 aliphatic carbocycles. The monoisotopic (exact) mass is 159 g/mol. The van der Waals surface area contributed by atoms with Crippen molar-refractivity contribution in [3.05, 3.63) is 0 Å². The summed E-state index contributed by atoms with van der Waals surface area (Å²) in [6.07, 6.45) is 5.19. The van der Waals surface area contributed by atoms with Crippen molar-refractivity contribution in [2.45, 2.75) is 43.1 Å². The van der Waals surface area contributed by atoms with Crippen molar-refractivity contribution in [2.24, 2.45) is 0 Å². The molecule has 0 amide bonds. The molecule has 2 rings (SSSR count). The predicted octanol–water partition coefficient (Wildman–Crippen LogP) is 1.85. The van der Waals surface area contributed by atoms with Gasteiger partial charge in [-0.15, -0.1) is 11.6 Å². The van der Waals surface area contributed by atoms with E-state index in [2.05, 4.69) is 11.9 Å². The highest BCUT2D eigenvalue weighted by molar-refractivity contribution is 6.20. The molecule has 1 nitrogen and oxygen atoms in total. The van der Waals surface area contributed by atoms with Crippen LogP contribution in [0.15, 0.2) is 0 Å². The molecule has 0 spiro atoms. The van der Waals surface area contributed by atoms with Gasteiger partial charge in [-0.2, -0.15) is 0 Å². The van der Waals surface area contributed by atoms with Crippen LogP contribution in [0.1, 0.15) is 25.7 Å². The Kier molecular flexibility index (Phi) is 1.65. The van der Waals surface area contributed by atoms with Crippen LogP contribution < -0.4 is 0 Å². The molecular formula is C8H14ClN. The van der Waals surface area contributed by atoms with E-state index in [9.17, 15) is 0 Å². The molecule has 0 aromatic rings. The van der Waals surface area contributed by atoms with Crippen LogP contribution in [0.5, 0.6) is 0 Å². The highest BCUT2D eigenvalue weighted by Gasteiger charge is 2.37. The van der Waals surface area contributed by atoms with E-state index in [0.717, 1.165) is 12.1 Å². The number of hydrogen-bond acceptors (Lipinski definition) is 1. The van der Waals surface area contributed by atoms with Crippen molar-refractivity contribution in [1.82, 2.24) is 4.90 Å². The molecule has 2 aliphatic rings. The minimum Gasteiger partial charge on any atom is -0.300 e. The number of fused-ring (bicyclic) bond motifs is 2. The second-order valence-electron chi connectivity index (χ2n) is 3.62. The van der Waals surface area contributed by atoms with Gasteiger partial charge >= 0.3 is 0 Å². The third-order valence-electron chi connectivity index (χ3n) is 3.04. The van der Waals surface area contributed by atoms with Gasteiger partial charge < -0.3 is 4.90 Å². The van der Waals surface area contributed by atoms with Crippen LogP contribution in [-0.2, 0) is 0 Å². The maximum atomic E-state index is 6.08. The van der Waals surface area contributed by atoms with Gasteiger partial charge in [0.1, 0.15) is 0 Å². The summed E-state index contributed by atoms with van der Waals surface area (Å²) >= 11 is 6.08. The number of rotatable bonds is 0. The third-order valence-corrected chi connectivity index (χ3v) is 3.40. The summed E-state index contributed by atoms with van der Waals surface area (Å²) in [5.41, 5.74) is 0. The predicted molar refractivity (Wildman–Crippen MR) is 43.4 cm³/mol. The van der Waals surface area contributed by atoms with Crippen molar-refractivity contribution in [1.29, 1.82) is 0 Å². The third kappa shape index (κ3) is 0.960. The van der Waals surface area contributed by atoms with Crippen molar-refractivity contribution in [3.63, 3.8) is 0 Å². The Morgan fingerprint density at radius 3 is 2.20 bits per heavy atom. The van der Waals surface area contributed by atoms with Crippen LogP contribution in [0.2, 0.25) is 0 Å². The van der Waals surface area contributed by atoms with Gasteiger partial charge in [-0.05, 0) is 32.7 Å². The van der Waals surface area contributed by atoms with E-state index >= 15 is 0 Å². The number of halogens is 1. The van der Waals surface area contributed by atoms with Crippen molar-refractivity contribution in [2.75, 3.05) is 7.05 Å². The Balaban J connectivity index is 2.09. The first-order valence-corrected chi connectivity index (χ1v) is 4.57. The molecule has 2 aliphatic heterocycles. The zero-order valence-corrected chi connectivity index (χ0v) is 7.14. The van der Waals surface area contributed by atoms with Crippen LogP contribution in [0.3, 0.4) is 0 Å². The second kappa shape index (κ2) is 2.38. The van der Waals surface area contributed by atoms with Gasteiger partial charge in [0.2, 0.25) is 0 Å². The maximum absolute atomic E-state index is 6.08. The van der Waals surface area contributed by atoms with Gasteiger partial charge in [0.15, 0.2) is 0 Å². The van der Waals surface area contributed by atoms with Gasteiger partial charge in [-0.25, -0.2) is 0 Å². The first-order valence-electron chi connectivity index (χ1n) is 4.13. The number of hydrogen-bond donors (Lipinski definition) is 0. The van der Waals surface area contributed by atoms with Gasteiger partial charge in [-0.3, -0.25) is 0 Å². The van der Waals surface area contributed by atoms with Gasteiger partial charge in [0.05, 0.1) is 0 Å². The molecule has 58 valence electrons. The lowest BCUT2D eigenvalue weighted by Crippen LogP contribution is -2.40. The Bertz CT molecular complexity index is 123. The van der Waals surface area contributed by atoms with E-state index < -0.39 is 0 Å². The molecular weight excluding hydrogens is 146 g/mol. The molecule has 0 N–H and O–H groups in total. The highest BCUT2D eigenvalue weighted by atomic mass is 35.5. The maximum Gasteiger partial charge on any atom is 0.0365 e. The molecule has 10 heavy (non-hydrogen) atoms.